The Morgan fingerprint density at radius 2 is 1.17 bits per heavy atom. The van der Waals surface area contributed by atoms with E-state index in [1.165, 1.54) is 0 Å². The van der Waals surface area contributed by atoms with Gasteiger partial charge in [-0.3, -0.25) is 0 Å². The van der Waals surface area contributed by atoms with Gasteiger partial charge in [0, 0.05) is 0 Å². The third kappa shape index (κ3) is 221. The van der Waals surface area contributed by atoms with E-state index in [2.05, 4.69) is 0 Å². The molecule has 0 radical (unpaired) electrons. The fourth-order valence-corrected chi connectivity index (χ4v) is 0. The zero-order valence-corrected chi connectivity index (χ0v) is 5.54. The molecule has 6 heavy (non-hydrogen) atoms. The van der Waals surface area contributed by atoms with Gasteiger partial charge in [0.25, 0.3) is 0 Å². The first-order chi connectivity index (χ1) is 2.83. The van der Waals surface area contributed by atoms with Crippen molar-refractivity contribution in [1.82, 2.24) is 0 Å². The van der Waals surface area contributed by atoms with Gasteiger partial charge in [-0.05, 0) is 0 Å². The van der Waals surface area contributed by atoms with E-state index < -0.39 is 35.3 Å². The second kappa shape index (κ2) is 17.8. The van der Waals surface area contributed by atoms with Crippen LogP contribution < -0.4 is 0 Å². The van der Waals surface area contributed by atoms with E-state index in [1.54, 1.807) is 0 Å². The Hall–Kier alpha value is 0.499. The molecule has 0 aliphatic rings. The van der Waals surface area contributed by atoms with Gasteiger partial charge in [0.1, 0.15) is 0 Å². The summed E-state index contributed by atoms with van der Waals surface area (Å²) >= 11 is -3.81. The summed E-state index contributed by atoms with van der Waals surface area (Å²) in [5, 5.41) is 0. The van der Waals surface area contributed by atoms with E-state index in [-0.39, 0.29) is 0 Å². The summed E-state index contributed by atoms with van der Waals surface area (Å²) in [6.45, 7) is 0. The quantitative estimate of drug-likeness (QED) is 0.452. The minimum absolute atomic E-state index is 1.81. The summed E-state index contributed by atoms with van der Waals surface area (Å²) in [5.41, 5.74) is 0. The zero-order valence-electron chi connectivity index (χ0n) is 2.58. The summed E-state index contributed by atoms with van der Waals surface area (Å²) in [7, 11) is 0. The number of rotatable bonds is 0. The van der Waals surface area contributed by atoms with E-state index in [9.17, 15) is 0 Å². The molecule has 0 saturated carbocycles. The minimum atomic E-state index is -2.00. The van der Waals surface area contributed by atoms with Crippen molar-refractivity contribution >= 4 is 0 Å². The number of hydrogen-bond acceptors (Lipinski definition) is 4. The molecular formula is O4TiV. The molecule has 0 rings (SSSR count). The van der Waals surface area contributed by atoms with Crippen LogP contribution in [0.25, 0.3) is 0 Å². The molecule has 0 aromatic carbocycles. The molecule has 0 fully saturated rings. The van der Waals surface area contributed by atoms with Gasteiger partial charge in [-0.2, -0.15) is 0 Å². The summed E-state index contributed by atoms with van der Waals surface area (Å²) in [4.78, 5) is 0. The zero-order chi connectivity index (χ0) is 5.41. The molecule has 0 N–H and O–H groups in total. The fourth-order valence-electron chi connectivity index (χ4n) is 0. The van der Waals surface area contributed by atoms with Crippen molar-refractivity contribution in [1.29, 1.82) is 0 Å². The Labute approximate surface area is 49.4 Å². The maximum absolute atomic E-state index is 8.50. The Kier molecular flexibility index (Phi) is 28.8. The molecule has 4 nitrogen and oxygen atoms in total. The van der Waals surface area contributed by atoms with E-state index in [0.717, 1.165) is 0 Å². The third-order valence-corrected chi connectivity index (χ3v) is 0. The molecule has 0 aromatic heterocycles. The second-order valence-electron chi connectivity index (χ2n) is 0.158. The van der Waals surface area contributed by atoms with Crippen molar-refractivity contribution in [3.8, 4) is 0 Å². The predicted molar refractivity (Wildman–Crippen MR) is 2.75 cm³/mol. The van der Waals surface area contributed by atoms with E-state index in [0.29, 0.717) is 0 Å². The molecule has 0 heterocycles. The van der Waals surface area contributed by atoms with Gasteiger partial charge in [0.05, 0.1) is 0 Å². The molecule has 6 heteroatoms. The molecule has 0 amide bonds. The summed E-state index contributed by atoms with van der Waals surface area (Å²) in [5.74, 6) is 0. The second-order valence-corrected chi connectivity index (χ2v) is 0.651. The average Bonchev–Trinajstić information content (AvgIpc) is 1.39. The van der Waals surface area contributed by atoms with E-state index in [4.69, 9.17) is 14.0 Å². The van der Waals surface area contributed by atoms with Gasteiger partial charge in [-0.25, -0.2) is 0 Å². The van der Waals surface area contributed by atoms with Gasteiger partial charge in [0.2, 0.25) is 0 Å². The Balaban J connectivity index is 0. The first-order valence-electron chi connectivity index (χ1n) is 0.773. The van der Waals surface area contributed by atoms with Crippen LogP contribution in [0.1, 0.15) is 0 Å². The SMILES string of the molecule is [O]=[Ti]=[O].[O]=[V]=[O]. The molecule has 0 aromatic rings. The van der Waals surface area contributed by atoms with Crippen molar-refractivity contribution in [3.05, 3.63) is 0 Å². The van der Waals surface area contributed by atoms with Gasteiger partial charge >= 0.3 is 49.3 Å². The van der Waals surface area contributed by atoms with Crippen molar-refractivity contribution in [2.24, 2.45) is 0 Å². The van der Waals surface area contributed by atoms with Crippen LogP contribution in [-0.2, 0) is 49.3 Å². The summed E-state index contributed by atoms with van der Waals surface area (Å²) in [6.07, 6.45) is 0. The van der Waals surface area contributed by atoms with Crippen LogP contribution >= 0.6 is 0 Å². The van der Waals surface area contributed by atoms with Crippen LogP contribution in [0, 0.1) is 0 Å². The van der Waals surface area contributed by atoms with Gasteiger partial charge < -0.3 is 0 Å². The van der Waals surface area contributed by atoms with Crippen LogP contribution in [0.2, 0.25) is 0 Å². The van der Waals surface area contributed by atoms with Crippen LogP contribution in [0.15, 0.2) is 0 Å². The van der Waals surface area contributed by atoms with Crippen molar-refractivity contribution < 1.29 is 49.3 Å². The third-order valence-electron chi connectivity index (χ3n) is 0. The normalized spacial score (nSPS) is 2.67. The Morgan fingerprint density at radius 1 is 1.17 bits per heavy atom. The standard InChI is InChI=1S/4O.Ti.V. The first kappa shape index (κ1) is 9.71. The van der Waals surface area contributed by atoms with Crippen LogP contribution in [0.5, 0.6) is 0 Å². The topological polar surface area (TPSA) is 68.3 Å². The predicted octanol–water partition coefficient (Wildman–Crippen LogP) is -0.480. The molecule has 0 aliphatic heterocycles. The first-order valence-corrected chi connectivity index (χ1v) is 3.19. The van der Waals surface area contributed by atoms with Gasteiger partial charge in [-0.15, -0.1) is 0 Å². The summed E-state index contributed by atoms with van der Waals surface area (Å²) < 4.78 is 33.9. The molecule has 0 aliphatic carbocycles. The molecular weight excluding hydrogens is 163 g/mol. The molecule has 33 valence electrons. The Bertz CT molecular complexity index is 61.5. The van der Waals surface area contributed by atoms with Crippen molar-refractivity contribution in [2.75, 3.05) is 0 Å². The molecule has 0 saturated heterocycles. The van der Waals surface area contributed by atoms with Crippen molar-refractivity contribution in [3.63, 3.8) is 0 Å². The fraction of sp³-hybridized carbons (Fsp3) is 0. The molecule has 0 unspecified atom stereocenters. The average molecular weight is 163 g/mol. The van der Waals surface area contributed by atoms with Crippen LogP contribution in [-0.4, -0.2) is 0 Å². The van der Waals surface area contributed by atoms with Crippen molar-refractivity contribution in [2.45, 2.75) is 0 Å². The van der Waals surface area contributed by atoms with Crippen LogP contribution in [0.4, 0.5) is 0 Å². The van der Waals surface area contributed by atoms with E-state index in [1.807, 2.05) is 0 Å². The number of hydrogen-bond donors (Lipinski definition) is 0. The van der Waals surface area contributed by atoms with Gasteiger partial charge in [0.15, 0.2) is 0 Å². The van der Waals surface area contributed by atoms with Gasteiger partial charge in [-0.1, -0.05) is 0 Å². The molecule has 0 bridgehead atoms. The maximum atomic E-state index is 8.50. The Morgan fingerprint density at radius 3 is 1.17 bits per heavy atom. The van der Waals surface area contributed by atoms with E-state index >= 15 is 0 Å². The molecule has 0 spiro atoms. The molecule has 0 atom stereocenters. The monoisotopic (exact) mass is 163 g/mol. The van der Waals surface area contributed by atoms with Crippen LogP contribution in [0.3, 0.4) is 0 Å². The summed E-state index contributed by atoms with van der Waals surface area (Å²) in [6, 6.07) is 0.